The maximum absolute atomic E-state index is 14.1. The number of carbonyl (C=O) groups excluding carboxylic acids is 1. The molecule has 1 aliphatic rings. The zero-order chi connectivity index (χ0) is 18.5. The fourth-order valence-electron chi connectivity index (χ4n) is 3.13. The van der Waals surface area contributed by atoms with Crippen LogP contribution in [0.25, 0.3) is 0 Å². The van der Waals surface area contributed by atoms with Crippen LogP contribution in [0.4, 0.5) is 10.2 Å². The Morgan fingerprint density at radius 3 is 2.81 bits per heavy atom. The number of pyridine rings is 1. The molecule has 1 aromatic heterocycles. The van der Waals surface area contributed by atoms with Gasteiger partial charge in [0.1, 0.15) is 5.82 Å². The summed E-state index contributed by atoms with van der Waals surface area (Å²) in [5, 5.41) is 3.24. The standard InChI is InChI=1S/C20H24FN3O2/c1-3-26-18-9-8-15(13-17(18)21)14(2)23-19-16(7-6-10-22-19)20(25)24-11-4-5-12-24/h6-10,13-14H,3-5,11-12H2,1-2H3,(H,22,23). The molecule has 3 rings (SSSR count). The lowest BCUT2D eigenvalue weighted by molar-refractivity contribution is 0.0793. The second kappa shape index (κ2) is 8.17. The van der Waals surface area contributed by atoms with Gasteiger partial charge in [-0.1, -0.05) is 6.07 Å². The van der Waals surface area contributed by atoms with Crippen molar-refractivity contribution in [3.05, 3.63) is 53.5 Å². The van der Waals surface area contributed by atoms with E-state index >= 15 is 0 Å². The fraction of sp³-hybridized carbons (Fsp3) is 0.400. The lowest BCUT2D eigenvalue weighted by Crippen LogP contribution is -2.28. The van der Waals surface area contributed by atoms with Crippen molar-refractivity contribution in [2.24, 2.45) is 0 Å². The number of nitrogens with zero attached hydrogens (tertiary/aromatic N) is 2. The van der Waals surface area contributed by atoms with Gasteiger partial charge < -0.3 is 15.0 Å². The van der Waals surface area contributed by atoms with Crippen molar-refractivity contribution in [1.82, 2.24) is 9.88 Å². The molecule has 1 unspecified atom stereocenters. The Hall–Kier alpha value is -2.63. The van der Waals surface area contributed by atoms with Crippen molar-refractivity contribution in [2.45, 2.75) is 32.7 Å². The molecule has 6 heteroatoms. The fourth-order valence-corrected chi connectivity index (χ4v) is 3.13. The first-order chi connectivity index (χ1) is 12.6. The molecule has 1 saturated heterocycles. The van der Waals surface area contributed by atoms with Crippen LogP contribution in [0, 0.1) is 5.82 Å². The average molecular weight is 357 g/mol. The highest BCUT2D eigenvalue weighted by atomic mass is 19.1. The zero-order valence-electron chi connectivity index (χ0n) is 15.2. The van der Waals surface area contributed by atoms with Crippen molar-refractivity contribution in [3.8, 4) is 5.75 Å². The number of nitrogens with one attached hydrogen (secondary N) is 1. The zero-order valence-corrected chi connectivity index (χ0v) is 15.2. The number of hydrogen-bond acceptors (Lipinski definition) is 4. The van der Waals surface area contributed by atoms with E-state index < -0.39 is 5.82 Å². The summed E-state index contributed by atoms with van der Waals surface area (Å²) in [7, 11) is 0. The molecule has 0 saturated carbocycles. The van der Waals surface area contributed by atoms with Crippen LogP contribution >= 0.6 is 0 Å². The van der Waals surface area contributed by atoms with Gasteiger partial charge >= 0.3 is 0 Å². The summed E-state index contributed by atoms with van der Waals surface area (Å²) in [6.45, 7) is 5.71. The molecule has 0 bridgehead atoms. The van der Waals surface area contributed by atoms with Gasteiger partial charge in [-0.05, 0) is 56.5 Å². The van der Waals surface area contributed by atoms with Crippen LogP contribution in [-0.2, 0) is 0 Å². The van der Waals surface area contributed by atoms with Gasteiger partial charge in [-0.25, -0.2) is 9.37 Å². The highest BCUT2D eigenvalue weighted by molar-refractivity contribution is 5.98. The van der Waals surface area contributed by atoms with Gasteiger partial charge in [0.2, 0.25) is 0 Å². The van der Waals surface area contributed by atoms with E-state index in [0.717, 1.165) is 31.5 Å². The third-order valence-electron chi connectivity index (χ3n) is 4.54. The minimum Gasteiger partial charge on any atom is -0.491 e. The maximum atomic E-state index is 14.1. The van der Waals surface area contributed by atoms with E-state index in [4.69, 9.17) is 4.74 Å². The van der Waals surface area contributed by atoms with Crippen molar-refractivity contribution in [1.29, 1.82) is 0 Å². The predicted molar refractivity (Wildman–Crippen MR) is 99.0 cm³/mol. The van der Waals surface area contributed by atoms with Crippen LogP contribution in [0.15, 0.2) is 36.5 Å². The minimum absolute atomic E-state index is 0.0109. The highest BCUT2D eigenvalue weighted by Crippen LogP contribution is 2.26. The molecular formula is C20H24FN3O2. The van der Waals surface area contributed by atoms with Gasteiger partial charge in [-0.3, -0.25) is 4.79 Å². The molecule has 2 aromatic rings. The van der Waals surface area contributed by atoms with Crippen molar-refractivity contribution in [2.75, 3.05) is 25.0 Å². The molecule has 5 nitrogen and oxygen atoms in total. The van der Waals surface area contributed by atoms with E-state index in [1.54, 1.807) is 24.4 Å². The first-order valence-corrected chi connectivity index (χ1v) is 9.03. The molecule has 1 atom stereocenters. The summed E-state index contributed by atoms with van der Waals surface area (Å²) in [6.07, 6.45) is 3.72. The summed E-state index contributed by atoms with van der Waals surface area (Å²) in [6, 6.07) is 8.22. The molecule has 2 heterocycles. The normalized spacial score (nSPS) is 15.0. The predicted octanol–water partition coefficient (Wildman–Crippen LogP) is 4.03. The van der Waals surface area contributed by atoms with Crippen LogP contribution in [0.3, 0.4) is 0 Å². The van der Waals surface area contributed by atoms with E-state index in [1.165, 1.54) is 6.07 Å². The van der Waals surface area contributed by atoms with Crippen LogP contribution < -0.4 is 10.1 Å². The second-order valence-electron chi connectivity index (χ2n) is 6.39. The molecule has 1 amide bonds. The van der Waals surface area contributed by atoms with E-state index in [2.05, 4.69) is 10.3 Å². The van der Waals surface area contributed by atoms with Gasteiger partial charge in [0, 0.05) is 19.3 Å². The smallest absolute Gasteiger partial charge is 0.257 e. The molecule has 1 aromatic carbocycles. The van der Waals surface area contributed by atoms with Crippen molar-refractivity contribution < 1.29 is 13.9 Å². The number of amides is 1. The SMILES string of the molecule is CCOc1ccc(C(C)Nc2ncccc2C(=O)N2CCCC2)cc1F. The molecule has 1 fully saturated rings. The first-order valence-electron chi connectivity index (χ1n) is 9.03. The van der Waals surface area contributed by atoms with Crippen molar-refractivity contribution in [3.63, 3.8) is 0 Å². The summed E-state index contributed by atoms with van der Waals surface area (Å²) in [5.74, 6) is 0.355. The first kappa shape index (κ1) is 18.2. The Morgan fingerprint density at radius 1 is 1.35 bits per heavy atom. The van der Waals surface area contributed by atoms with Gasteiger partial charge in [0.15, 0.2) is 11.6 Å². The molecule has 0 aliphatic carbocycles. The number of carbonyl (C=O) groups is 1. The van der Waals surface area contributed by atoms with E-state index in [0.29, 0.717) is 18.0 Å². The minimum atomic E-state index is -0.396. The number of halogens is 1. The number of benzene rings is 1. The average Bonchev–Trinajstić information content (AvgIpc) is 3.18. The Morgan fingerprint density at radius 2 is 2.12 bits per heavy atom. The number of hydrogen-bond donors (Lipinski definition) is 1. The maximum Gasteiger partial charge on any atom is 0.257 e. The van der Waals surface area contributed by atoms with Crippen LogP contribution in [0.5, 0.6) is 5.75 Å². The summed E-state index contributed by atoms with van der Waals surface area (Å²) >= 11 is 0. The molecule has 26 heavy (non-hydrogen) atoms. The van der Waals surface area contributed by atoms with Crippen LogP contribution in [0.1, 0.15) is 48.7 Å². The van der Waals surface area contributed by atoms with E-state index in [-0.39, 0.29) is 17.7 Å². The Bertz CT molecular complexity index is 775. The van der Waals surface area contributed by atoms with Crippen molar-refractivity contribution >= 4 is 11.7 Å². The summed E-state index contributed by atoms with van der Waals surface area (Å²) in [5.41, 5.74) is 1.31. The van der Waals surface area contributed by atoms with Crippen LogP contribution in [-0.4, -0.2) is 35.5 Å². The monoisotopic (exact) mass is 357 g/mol. The van der Waals surface area contributed by atoms with E-state index in [9.17, 15) is 9.18 Å². The van der Waals surface area contributed by atoms with Gasteiger partial charge in [-0.15, -0.1) is 0 Å². The molecule has 1 aliphatic heterocycles. The molecule has 0 radical (unpaired) electrons. The third-order valence-corrected chi connectivity index (χ3v) is 4.54. The topological polar surface area (TPSA) is 54.5 Å². The highest BCUT2D eigenvalue weighted by Gasteiger charge is 2.23. The Kier molecular flexibility index (Phi) is 5.71. The van der Waals surface area contributed by atoms with Gasteiger partial charge in [-0.2, -0.15) is 0 Å². The van der Waals surface area contributed by atoms with Gasteiger partial charge in [0.25, 0.3) is 5.91 Å². The lowest BCUT2D eigenvalue weighted by Gasteiger charge is -2.20. The van der Waals surface area contributed by atoms with E-state index in [1.807, 2.05) is 24.8 Å². The molecular weight excluding hydrogens is 333 g/mol. The second-order valence-corrected chi connectivity index (χ2v) is 6.39. The van der Waals surface area contributed by atoms with Gasteiger partial charge in [0.05, 0.1) is 18.2 Å². The Balaban J connectivity index is 1.78. The number of rotatable bonds is 6. The number of anilines is 1. The molecule has 0 spiro atoms. The summed E-state index contributed by atoms with van der Waals surface area (Å²) < 4.78 is 19.4. The number of likely N-dealkylation sites (tertiary alicyclic amines) is 1. The largest absolute Gasteiger partial charge is 0.491 e. The third kappa shape index (κ3) is 3.95. The molecule has 138 valence electrons. The van der Waals surface area contributed by atoms with Crippen LogP contribution in [0.2, 0.25) is 0 Å². The molecule has 1 N–H and O–H groups in total. The summed E-state index contributed by atoms with van der Waals surface area (Å²) in [4.78, 5) is 18.9. The quantitative estimate of drug-likeness (QED) is 0.848. The Labute approximate surface area is 153 Å². The lowest BCUT2D eigenvalue weighted by atomic mass is 10.1. The number of ether oxygens (including phenoxy) is 1. The number of aromatic nitrogens is 1.